The van der Waals surface area contributed by atoms with Crippen molar-refractivity contribution in [3.63, 3.8) is 0 Å². The molecule has 0 saturated carbocycles. The predicted molar refractivity (Wildman–Crippen MR) is 132 cm³/mol. The van der Waals surface area contributed by atoms with Gasteiger partial charge in [-0.05, 0) is 56.0 Å². The highest BCUT2D eigenvalue weighted by atomic mass is 32.2. The van der Waals surface area contributed by atoms with Crippen molar-refractivity contribution in [2.24, 2.45) is 5.41 Å². The van der Waals surface area contributed by atoms with Crippen molar-refractivity contribution >= 4 is 22.3 Å². The average Bonchev–Trinajstić information content (AvgIpc) is 3.04. The van der Waals surface area contributed by atoms with Gasteiger partial charge in [0.25, 0.3) is 6.43 Å². The van der Waals surface area contributed by atoms with E-state index in [1.54, 1.807) is 25.3 Å². The second-order valence-corrected chi connectivity index (χ2v) is 13.1. The zero-order valence-electron chi connectivity index (χ0n) is 21.2. The van der Waals surface area contributed by atoms with Gasteiger partial charge in [0.2, 0.25) is 0 Å². The average molecular weight is 551 g/mol. The third kappa shape index (κ3) is 6.61. The molecule has 0 saturated heterocycles. The molecule has 3 aromatic rings. The number of rotatable bonds is 6. The maximum atomic E-state index is 15.4. The van der Waals surface area contributed by atoms with E-state index in [2.05, 4.69) is 4.72 Å². The summed E-state index contributed by atoms with van der Waals surface area (Å²) in [6.45, 7) is 10.7. The van der Waals surface area contributed by atoms with E-state index in [1.807, 2.05) is 20.8 Å². The second kappa shape index (κ2) is 10.1. The van der Waals surface area contributed by atoms with Crippen LogP contribution in [0.3, 0.4) is 0 Å². The summed E-state index contributed by atoms with van der Waals surface area (Å²) in [6.07, 6.45) is -6.59. The molecule has 1 heterocycles. The molecule has 1 unspecified atom stereocenters. The van der Waals surface area contributed by atoms with E-state index in [-0.39, 0.29) is 34.5 Å². The first-order valence-electron chi connectivity index (χ1n) is 11.4. The van der Waals surface area contributed by atoms with Crippen LogP contribution in [0.2, 0.25) is 0 Å². The maximum absolute atomic E-state index is 15.4. The number of nitrogens with one attached hydrogen (secondary N) is 1. The molecule has 0 spiro atoms. The van der Waals surface area contributed by atoms with Crippen LogP contribution in [0.1, 0.15) is 58.7 Å². The molecule has 3 rings (SSSR count). The smallest absolute Gasteiger partial charge is 0.417 e. The molecular formula is C26H29F7N2OS. The Hall–Kier alpha value is -2.24. The fraction of sp³-hybridized carbons (Fsp3) is 0.462. The Morgan fingerprint density at radius 2 is 1.57 bits per heavy atom. The van der Waals surface area contributed by atoms with Gasteiger partial charge in [0.05, 0.1) is 5.56 Å². The Morgan fingerprint density at radius 1 is 0.946 bits per heavy atom. The van der Waals surface area contributed by atoms with Gasteiger partial charge in [-0.3, -0.25) is 0 Å². The lowest BCUT2D eigenvalue weighted by atomic mass is 9.95. The number of nitrogens with zero attached hydrogens (tertiary/aromatic N) is 1. The van der Waals surface area contributed by atoms with E-state index in [1.165, 1.54) is 6.20 Å². The van der Waals surface area contributed by atoms with Crippen LogP contribution in [0, 0.1) is 17.0 Å². The van der Waals surface area contributed by atoms with Crippen LogP contribution in [0.15, 0.2) is 36.5 Å². The molecule has 0 aliphatic carbocycles. The van der Waals surface area contributed by atoms with Crippen molar-refractivity contribution in [2.45, 2.75) is 71.5 Å². The zero-order valence-corrected chi connectivity index (χ0v) is 22.1. The Kier molecular flexibility index (Phi) is 8.04. The lowest BCUT2D eigenvalue weighted by molar-refractivity contribution is -0.137. The van der Waals surface area contributed by atoms with Gasteiger partial charge in [-0.1, -0.05) is 26.8 Å². The summed E-state index contributed by atoms with van der Waals surface area (Å²) >= 11 is -1.89. The first-order valence-corrected chi connectivity index (χ1v) is 12.6. The summed E-state index contributed by atoms with van der Waals surface area (Å²) in [5.41, 5.74) is -2.57. The number of benzene rings is 2. The predicted octanol–water partition coefficient (Wildman–Crippen LogP) is 8.01. The minimum absolute atomic E-state index is 0.0348. The van der Waals surface area contributed by atoms with E-state index in [4.69, 9.17) is 0 Å². The van der Waals surface area contributed by atoms with Crippen molar-refractivity contribution in [1.29, 1.82) is 0 Å². The monoisotopic (exact) mass is 550 g/mol. The van der Waals surface area contributed by atoms with E-state index in [0.29, 0.717) is 0 Å². The number of hydrogen-bond acceptors (Lipinski definition) is 2. The molecule has 0 aliphatic heterocycles. The number of alkyl halides is 5. The number of aromatic nitrogens is 1. The van der Waals surface area contributed by atoms with Gasteiger partial charge in [-0.25, -0.2) is 17.6 Å². The molecule has 11 heteroatoms. The summed E-state index contributed by atoms with van der Waals surface area (Å²) < 4.78 is 114. The molecule has 0 aliphatic rings. The summed E-state index contributed by atoms with van der Waals surface area (Å²) in [5.74, 6) is -2.22. The molecule has 2 aromatic carbocycles. The van der Waals surface area contributed by atoms with Crippen molar-refractivity contribution in [3.8, 4) is 11.1 Å². The Labute approximate surface area is 214 Å². The van der Waals surface area contributed by atoms with Crippen LogP contribution in [-0.4, -0.2) is 20.3 Å². The van der Waals surface area contributed by atoms with Gasteiger partial charge in [0.1, 0.15) is 22.4 Å². The van der Waals surface area contributed by atoms with Gasteiger partial charge < -0.3 is 9.12 Å². The SMILES string of the molecule is CC(C)(C)Cn1cc(C(N[S@@+]([O-])C(C)(C)C)C(F)F)c2cc(F)c(-c3ccc(F)cc3C(F)(F)F)cc21. The topological polar surface area (TPSA) is 40.0 Å². The largest absolute Gasteiger partial charge is 0.598 e. The third-order valence-corrected chi connectivity index (χ3v) is 7.18. The van der Waals surface area contributed by atoms with Gasteiger partial charge in [-0.15, -0.1) is 4.72 Å². The first-order chi connectivity index (χ1) is 16.8. The molecule has 0 fully saturated rings. The van der Waals surface area contributed by atoms with Crippen LogP contribution in [0.4, 0.5) is 30.7 Å². The van der Waals surface area contributed by atoms with E-state index in [0.717, 1.165) is 24.3 Å². The normalized spacial score (nSPS) is 15.0. The van der Waals surface area contributed by atoms with Crippen molar-refractivity contribution in [2.75, 3.05) is 0 Å². The number of halogens is 7. The van der Waals surface area contributed by atoms with Gasteiger partial charge in [-0.2, -0.15) is 13.2 Å². The molecule has 1 N–H and O–H groups in total. The number of fused-ring (bicyclic) bond motifs is 1. The first kappa shape index (κ1) is 29.3. The molecule has 37 heavy (non-hydrogen) atoms. The highest BCUT2D eigenvalue weighted by Gasteiger charge is 2.37. The van der Waals surface area contributed by atoms with E-state index < -0.39 is 63.1 Å². The van der Waals surface area contributed by atoms with E-state index in [9.17, 15) is 30.9 Å². The van der Waals surface area contributed by atoms with Gasteiger partial charge in [0, 0.05) is 46.1 Å². The molecule has 0 radical (unpaired) electrons. The molecule has 0 bridgehead atoms. The lowest BCUT2D eigenvalue weighted by Gasteiger charge is -2.27. The Balaban J connectivity index is 2.30. The van der Waals surface area contributed by atoms with Crippen LogP contribution in [0.25, 0.3) is 22.0 Å². The zero-order chi connectivity index (χ0) is 28.1. The Morgan fingerprint density at radius 3 is 2.08 bits per heavy atom. The highest BCUT2D eigenvalue weighted by molar-refractivity contribution is 7.90. The van der Waals surface area contributed by atoms with Crippen LogP contribution in [-0.2, 0) is 24.1 Å². The molecule has 204 valence electrons. The van der Waals surface area contributed by atoms with Crippen LogP contribution in [0.5, 0.6) is 0 Å². The van der Waals surface area contributed by atoms with Crippen LogP contribution >= 0.6 is 0 Å². The second-order valence-electron chi connectivity index (χ2n) is 11.1. The fourth-order valence-electron chi connectivity index (χ4n) is 3.96. The van der Waals surface area contributed by atoms with Crippen molar-refractivity contribution < 1.29 is 35.3 Å². The quantitative estimate of drug-likeness (QED) is 0.250. The molecular weight excluding hydrogens is 521 g/mol. The fourth-order valence-corrected chi connectivity index (χ4v) is 4.78. The minimum atomic E-state index is -4.96. The summed E-state index contributed by atoms with van der Waals surface area (Å²) in [6, 6.07) is 2.26. The highest BCUT2D eigenvalue weighted by Crippen LogP contribution is 2.41. The minimum Gasteiger partial charge on any atom is -0.598 e. The lowest BCUT2D eigenvalue weighted by Crippen LogP contribution is -2.43. The standard InChI is InChI=1S/C26H29F7N2OS/c1-24(2,3)13-35-12-18(22(23(29)30)34-37(36)25(4,5)6)17-10-20(28)16(11-21(17)35)15-8-7-14(27)9-19(15)26(31,32)33/h7-12,22-23,34H,13H2,1-6H3/t22?,37-/m0/s1. The van der Waals surface area contributed by atoms with Crippen molar-refractivity contribution in [3.05, 3.63) is 59.3 Å². The summed E-state index contributed by atoms with van der Waals surface area (Å²) in [5, 5.41) is 0.0462. The summed E-state index contributed by atoms with van der Waals surface area (Å²) in [7, 11) is 0. The molecule has 1 aromatic heterocycles. The van der Waals surface area contributed by atoms with E-state index >= 15 is 4.39 Å². The van der Waals surface area contributed by atoms with Crippen LogP contribution < -0.4 is 4.72 Å². The molecule has 3 nitrogen and oxygen atoms in total. The summed E-state index contributed by atoms with van der Waals surface area (Å²) in [4.78, 5) is 0. The molecule has 0 amide bonds. The third-order valence-electron chi connectivity index (χ3n) is 5.60. The molecule has 2 atom stereocenters. The number of hydrogen-bond donors (Lipinski definition) is 1. The Bertz CT molecular complexity index is 1270. The van der Waals surface area contributed by atoms with Gasteiger partial charge in [0.15, 0.2) is 0 Å². The van der Waals surface area contributed by atoms with Gasteiger partial charge >= 0.3 is 6.18 Å². The van der Waals surface area contributed by atoms with Crippen molar-refractivity contribution in [1.82, 2.24) is 9.29 Å². The maximum Gasteiger partial charge on any atom is 0.417 e.